The van der Waals surface area contributed by atoms with E-state index in [4.69, 9.17) is 21.1 Å². The second-order valence-electron chi connectivity index (χ2n) is 8.55. The molecule has 0 saturated carbocycles. The van der Waals surface area contributed by atoms with Crippen molar-refractivity contribution in [2.24, 2.45) is 0 Å². The molecule has 0 radical (unpaired) electrons. The zero-order valence-electron chi connectivity index (χ0n) is 18.1. The van der Waals surface area contributed by atoms with Crippen LogP contribution in [0.25, 0.3) is 0 Å². The van der Waals surface area contributed by atoms with Gasteiger partial charge in [0.25, 0.3) is 5.91 Å². The lowest BCUT2D eigenvalue weighted by Crippen LogP contribution is -2.53. The molecule has 0 unspecified atom stereocenters. The number of fused-ring (bicyclic) bond motifs is 1. The number of carbonyl (C=O) groups is 2. The van der Waals surface area contributed by atoms with Crippen LogP contribution in [0.4, 0.5) is 0 Å². The molecular formula is C25H28ClNO4. The van der Waals surface area contributed by atoms with E-state index in [9.17, 15) is 9.59 Å². The van der Waals surface area contributed by atoms with Crippen LogP contribution >= 0.6 is 11.6 Å². The number of ether oxygens (including phenoxy) is 2. The summed E-state index contributed by atoms with van der Waals surface area (Å²) >= 11 is 6.17. The first-order valence-electron chi connectivity index (χ1n) is 10.9. The third-order valence-electron chi connectivity index (χ3n) is 6.22. The molecule has 1 spiro atoms. The quantitative estimate of drug-likeness (QED) is 0.654. The normalized spacial score (nSPS) is 17.3. The van der Waals surface area contributed by atoms with Gasteiger partial charge in [-0.1, -0.05) is 37.1 Å². The summed E-state index contributed by atoms with van der Waals surface area (Å²) in [5, 5.41) is 0.576. The molecule has 0 aromatic heterocycles. The predicted octanol–water partition coefficient (Wildman–Crippen LogP) is 5.01. The first kappa shape index (κ1) is 21.7. The molecule has 1 fully saturated rings. The Hall–Kier alpha value is -2.53. The molecule has 2 heterocycles. The Morgan fingerprint density at radius 1 is 1.19 bits per heavy atom. The number of hydrogen-bond acceptors (Lipinski definition) is 4. The zero-order valence-corrected chi connectivity index (χ0v) is 18.8. The monoisotopic (exact) mass is 441 g/mol. The van der Waals surface area contributed by atoms with Crippen LogP contribution in [-0.4, -0.2) is 41.9 Å². The summed E-state index contributed by atoms with van der Waals surface area (Å²) in [4.78, 5) is 27.2. The third-order valence-corrected chi connectivity index (χ3v) is 6.63. The summed E-state index contributed by atoms with van der Waals surface area (Å²) in [5.74, 6) is 1.32. The minimum Gasteiger partial charge on any atom is -0.486 e. The van der Waals surface area contributed by atoms with E-state index in [1.54, 1.807) is 11.0 Å². The Morgan fingerprint density at radius 2 is 1.90 bits per heavy atom. The topological polar surface area (TPSA) is 55.8 Å². The van der Waals surface area contributed by atoms with E-state index in [1.165, 1.54) is 5.56 Å². The van der Waals surface area contributed by atoms with E-state index in [0.717, 1.165) is 18.4 Å². The van der Waals surface area contributed by atoms with Gasteiger partial charge in [0.2, 0.25) is 0 Å². The van der Waals surface area contributed by atoms with E-state index in [0.29, 0.717) is 54.4 Å². The Morgan fingerprint density at radius 3 is 2.58 bits per heavy atom. The number of benzene rings is 2. The van der Waals surface area contributed by atoms with Gasteiger partial charge in [0.15, 0.2) is 12.4 Å². The second-order valence-corrected chi connectivity index (χ2v) is 8.95. The Labute approximate surface area is 188 Å². The zero-order chi connectivity index (χ0) is 22.0. The van der Waals surface area contributed by atoms with Crippen molar-refractivity contribution in [2.45, 2.75) is 51.6 Å². The highest BCUT2D eigenvalue weighted by Crippen LogP contribution is 2.41. The fourth-order valence-corrected chi connectivity index (χ4v) is 4.50. The predicted molar refractivity (Wildman–Crippen MR) is 120 cm³/mol. The lowest BCUT2D eigenvalue weighted by molar-refractivity contribution is -0.136. The van der Waals surface area contributed by atoms with Gasteiger partial charge in [-0.15, -0.1) is 0 Å². The van der Waals surface area contributed by atoms with Crippen molar-refractivity contribution in [1.29, 1.82) is 0 Å². The molecule has 2 aromatic carbocycles. The number of halogens is 1. The lowest BCUT2D eigenvalue weighted by atomic mass is 9.82. The summed E-state index contributed by atoms with van der Waals surface area (Å²) in [7, 11) is 0. The van der Waals surface area contributed by atoms with Crippen LogP contribution in [0.3, 0.4) is 0 Å². The molecule has 2 aliphatic rings. The summed E-state index contributed by atoms with van der Waals surface area (Å²) < 4.78 is 12.0. The molecular weight excluding hydrogens is 414 g/mol. The minimum atomic E-state index is -0.545. The van der Waals surface area contributed by atoms with Gasteiger partial charge in [0.1, 0.15) is 17.1 Å². The SMILES string of the molecule is CCCc1ccc(OCC(=O)N2CCC3(CC2)CC(=O)c2cc(Cl)c(C)cc2O3)cc1. The largest absolute Gasteiger partial charge is 0.486 e. The molecule has 31 heavy (non-hydrogen) atoms. The fraction of sp³-hybridized carbons (Fsp3) is 0.440. The van der Waals surface area contributed by atoms with E-state index < -0.39 is 5.60 Å². The number of carbonyl (C=O) groups excluding carboxylic acids is 2. The Balaban J connectivity index is 1.33. The van der Waals surface area contributed by atoms with Crippen molar-refractivity contribution < 1.29 is 19.1 Å². The number of rotatable bonds is 5. The van der Waals surface area contributed by atoms with Gasteiger partial charge in [-0.25, -0.2) is 0 Å². The van der Waals surface area contributed by atoms with Crippen LogP contribution in [-0.2, 0) is 11.2 Å². The van der Waals surface area contributed by atoms with Crippen molar-refractivity contribution in [3.8, 4) is 11.5 Å². The average Bonchev–Trinajstić information content (AvgIpc) is 2.75. The average molecular weight is 442 g/mol. The molecule has 0 aliphatic carbocycles. The van der Waals surface area contributed by atoms with E-state index in [1.807, 2.05) is 37.3 Å². The van der Waals surface area contributed by atoms with Crippen LogP contribution in [0.15, 0.2) is 36.4 Å². The summed E-state index contributed by atoms with van der Waals surface area (Å²) in [6.07, 6.45) is 3.70. The standard InChI is InChI=1S/C25H28ClNO4/c1-3-4-18-5-7-19(8-6-18)30-16-24(29)27-11-9-25(10-12-27)15-22(28)20-14-21(26)17(2)13-23(20)31-25/h5-8,13-14H,3-4,9-12,15-16H2,1-2H3. The van der Waals surface area contributed by atoms with E-state index in [2.05, 4.69) is 6.92 Å². The molecule has 0 N–H and O–H groups in total. The molecule has 0 atom stereocenters. The molecule has 2 aliphatic heterocycles. The highest BCUT2D eigenvalue weighted by Gasteiger charge is 2.43. The van der Waals surface area contributed by atoms with Crippen LogP contribution in [0.5, 0.6) is 11.5 Å². The van der Waals surface area contributed by atoms with Gasteiger partial charge in [0.05, 0.1) is 12.0 Å². The van der Waals surface area contributed by atoms with Crippen LogP contribution in [0.1, 0.15) is 54.1 Å². The van der Waals surface area contributed by atoms with Crippen molar-refractivity contribution >= 4 is 23.3 Å². The summed E-state index contributed by atoms with van der Waals surface area (Å²) in [6, 6.07) is 11.4. The highest BCUT2D eigenvalue weighted by molar-refractivity contribution is 6.31. The maximum Gasteiger partial charge on any atom is 0.260 e. The molecule has 1 saturated heterocycles. The van der Waals surface area contributed by atoms with Gasteiger partial charge in [0, 0.05) is 31.0 Å². The van der Waals surface area contributed by atoms with Gasteiger partial charge < -0.3 is 14.4 Å². The lowest BCUT2D eigenvalue weighted by Gasteiger charge is -2.44. The molecule has 6 heteroatoms. The molecule has 4 rings (SSSR count). The second kappa shape index (κ2) is 8.91. The molecule has 164 valence electrons. The number of ketones is 1. The maximum absolute atomic E-state index is 12.7. The van der Waals surface area contributed by atoms with Crippen molar-refractivity contribution in [3.05, 3.63) is 58.1 Å². The first-order chi connectivity index (χ1) is 14.9. The smallest absolute Gasteiger partial charge is 0.260 e. The molecule has 5 nitrogen and oxygen atoms in total. The van der Waals surface area contributed by atoms with Crippen molar-refractivity contribution in [2.75, 3.05) is 19.7 Å². The Kier molecular flexibility index (Phi) is 6.24. The molecule has 0 bridgehead atoms. The van der Waals surface area contributed by atoms with E-state index >= 15 is 0 Å². The van der Waals surface area contributed by atoms with Crippen molar-refractivity contribution in [3.63, 3.8) is 0 Å². The first-order valence-corrected chi connectivity index (χ1v) is 11.3. The van der Waals surface area contributed by atoms with Gasteiger partial charge in [-0.3, -0.25) is 9.59 Å². The Bertz CT molecular complexity index is 978. The number of piperidine rings is 1. The summed E-state index contributed by atoms with van der Waals surface area (Å²) in [6.45, 7) is 5.16. The van der Waals surface area contributed by atoms with Gasteiger partial charge in [-0.2, -0.15) is 0 Å². The van der Waals surface area contributed by atoms with Gasteiger partial charge in [-0.05, 0) is 48.7 Å². The maximum atomic E-state index is 12.7. The molecule has 2 aromatic rings. The minimum absolute atomic E-state index is 0.0143. The highest BCUT2D eigenvalue weighted by atomic mass is 35.5. The van der Waals surface area contributed by atoms with Crippen LogP contribution in [0.2, 0.25) is 5.02 Å². The number of hydrogen-bond donors (Lipinski definition) is 0. The van der Waals surface area contributed by atoms with Gasteiger partial charge >= 0.3 is 0 Å². The number of likely N-dealkylation sites (tertiary alicyclic amines) is 1. The summed E-state index contributed by atoms with van der Waals surface area (Å²) in [5.41, 5.74) is 2.16. The third kappa shape index (κ3) is 4.72. The number of aryl methyl sites for hydroxylation is 2. The molecule has 1 amide bonds. The number of Topliss-reactive ketones (excluding diaryl/α,β-unsaturated/α-hetero) is 1. The van der Waals surface area contributed by atoms with E-state index in [-0.39, 0.29) is 18.3 Å². The van der Waals surface area contributed by atoms with Crippen LogP contribution in [0, 0.1) is 6.92 Å². The fourth-order valence-electron chi connectivity index (χ4n) is 4.33. The van der Waals surface area contributed by atoms with Crippen LogP contribution < -0.4 is 9.47 Å². The van der Waals surface area contributed by atoms with Crippen molar-refractivity contribution in [1.82, 2.24) is 4.90 Å². The number of amides is 1. The number of nitrogens with zero attached hydrogens (tertiary/aromatic N) is 1.